The van der Waals surface area contributed by atoms with E-state index in [0.717, 1.165) is 18.8 Å². The summed E-state index contributed by atoms with van der Waals surface area (Å²) >= 11 is 0. The Morgan fingerprint density at radius 1 is 1.29 bits per heavy atom. The average Bonchev–Trinajstić information content (AvgIpc) is 2.55. The highest BCUT2D eigenvalue weighted by Gasteiger charge is 2.12. The summed E-state index contributed by atoms with van der Waals surface area (Å²) in [7, 11) is 0. The minimum atomic E-state index is 0.602. The van der Waals surface area contributed by atoms with Gasteiger partial charge >= 0.3 is 0 Å². The van der Waals surface area contributed by atoms with Crippen LogP contribution in [0.5, 0.6) is 0 Å². The van der Waals surface area contributed by atoms with Crippen molar-refractivity contribution in [3.63, 3.8) is 0 Å². The lowest BCUT2D eigenvalue weighted by Crippen LogP contribution is -2.38. The van der Waals surface area contributed by atoms with Gasteiger partial charge in [-0.05, 0) is 27.7 Å². The largest absolute Gasteiger partial charge is 0.349 e. The van der Waals surface area contributed by atoms with Gasteiger partial charge in [0.1, 0.15) is 5.82 Å². The number of nitrogens with zero attached hydrogens (tertiary/aromatic N) is 2. The molecule has 0 aliphatic carbocycles. The maximum absolute atomic E-state index is 4.22. The molecular formula is C11H21N3. The first-order valence-electron chi connectivity index (χ1n) is 5.35. The Morgan fingerprint density at radius 2 is 1.93 bits per heavy atom. The van der Waals surface area contributed by atoms with Crippen molar-refractivity contribution in [3.8, 4) is 0 Å². The van der Waals surface area contributed by atoms with Crippen molar-refractivity contribution in [1.82, 2.24) is 14.9 Å². The second-order valence-corrected chi connectivity index (χ2v) is 4.21. The zero-order valence-corrected chi connectivity index (χ0v) is 9.62. The van der Waals surface area contributed by atoms with Crippen molar-refractivity contribution >= 4 is 0 Å². The number of hydrogen-bond acceptors (Lipinski definition) is 2. The number of hydrogen-bond donors (Lipinski definition) is 1. The van der Waals surface area contributed by atoms with Gasteiger partial charge < -0.3 is 4.98 Å². The number of nitrogens with one attached hydrogen (secondary N) is 1. The highest BCUT2D eigenvalue weighted by Crippen LogP contribution is 2.05. The molecule has 0 saturated heterocycles. The van der Waals surface area contributed by atoms with Crippen molar-refractivity contribution in [2.45, 2.75) is 46.2 Å². The lowest BCUT2D eigenvalue weighted by molar-refractivity contribution is 0.176. The van der Waals surface area contributed by atoms with E-state index in [0.29, 0.717) is 12.1 Å². The van der Waals surface area contributed by atoms with E-state index in [4.69, 9.17) is 0 Å². The molecule has 1 N–H and O–H groups in total. The molecule has 1 heterocycles. The minimum absolute atomic E-state index is 0.602. The second-order valence-electron chi connectivity index (χ2n) is 4.21. The quantitative estimate of drug-likeness (QED) is 0.780. The van der Waals surface area contributed by atoms with Gasteiger partial charge in [-0.1, -0.05) is 0 Å². The highest BCUT2D eigenvalue weighted by molar-refractivity contribution is 4.88. The summed E-state index contributed by atoms with van der Waals surface area (Å²) in [6.45, 7) is 10.0. The molecule has 0 unspecified atom stereocenters. The van der Waals surface area contributed by atoms with E-state index in [2.05, 4.69) is 42.6 Å². The van der Waals surface area contributed by atoms with Gasteiger partial charge in [0.2, 0.25) is 0 Å². The molecule has 1 aromatic rings. The standard InChI is InChI=1S/C11H21N3/c1-9(2)14(10(3)4)8-5-11-12-6-7-13-11/h6-7,9-10H,5,8H2,1-4H3,(H,12,13). The predicted molar refractivity (Wildman–Crippen MR) is 59.3 cm³/mol. The van der Waals surface area contributed by atoms with Crippen LogP contribution in [0.25, 0.3) is 0 Å². The molecule has 1 rings (SSSR count). The molecule has 0 aliphatic rings. The molecule has 80 valence electrons. The van der Waals surface area contributed by atoms with Crippen LogP contribution >= 0.6 is 0 Å². The molecule has 0 bridgehead atoms. The molecule has 0 spiro atoms. The van der Waals surface area contributed by atoms with Crippen LogP contribution in [0.2, 0.25) is 0 Å². The first-order valence-corrected chi connectivity index (χ1v) is 5.35. The van der Waals surface area contributed by atoms with Crippen LogP contribution in [0.3, 0.4) is 0 Å². The van der Waals surface area contributed by atoms with Crippen LogP contribution in [-0.2, 0) is 6.42 Å². The Hall–Kier alpha value is -0.830. The summed E-state index contributed by atoms with van der Waals surface area (Å²) in [5.41, 5.74) is 0. The van der Waals surface area contributed by atoms with E-state index < -0.39 is 0 Å². The molecule has 0 amide bonds. The van der Waals surface area contributed by atoms with E-state index in [1.807, 2.05) is 12.4 Å². The summed E-state index contributed by atoms with van der Waals surface area (Å²) < 4.78 is 0. The molecule has 0 radical (unpaired) electrons. The number of imidazole rings is 1. The molecule has 0 aliphatic heterocycles. The van der Waals surface area contributed by atoms with Gasteiger partial charge in [-0.15, -0.1) is 0 Å². The molecule has 0 fully saturated rings. The van der Waals surface area contributed by atoms with Gasteiger partial charge in [0.25, 0.3) is 0 Å². The van der Waals surface area contributed by atoms with Crippen LogP contribution in [0, 0.1) is 0 Å². The van der Waals surface area contributed by atoms with Gasteiger partial charge in [-0.3, -0.25) is 4.90 Å². The third-order valence-electron chi connectivity index (χ3n) is 2.49. The summed E-state index contributed by atoms with van der Waals surface area (Å²) in [5, 5.41) is 0. The first kappa shape index (κ1) is 11.2. The fourth-order valence-corrected chi connectivity index (χ4v) is 1.78. The molecular weight excluding hydrogens is 174 g/mol. The molecule has 0 atom stereocenters. The summed E-state index contributed by atoms with van der Waals surface area (Å²) in [6, 6.07) is 1.20. The number of rotatable bonds is 5. The van der Waals surface area contributed by atoms with E-state index in [1.54, 1.807) is 0 Å². The molecule has 3 heteroatoms. The van der Waals surface area contributed by atoms with E-state index in [9.17, 15) is 0 Å². The molecule has 1 aromatic heterocycles. The Bertz CT molecular complexity index is 231. The van der Waals surface area contributed by atoms with Gasteiger partial charge in [0, 0.05) is 37.4 Å². The van der Waals surface area contributed by atoms with E-state index in [1.165, 1.54) is 0 Å². The predicted octanol–water partition coefficient (Wildman–Crippen LogP) is 2.07. The monoisotopic (exact) mass is 195 g/mol. The van der Waals surface area contributed by atoms with Gasteiger partial charge in [-0.2, -0.15) is 0 Å². The van der Waals surface area contributed by atoms with Crippen LogP contribution in [0.4, 0.5) is 0 Å². The second kappa shape index (κ2) is 5.15. The normalized spacial score (nSPS) is 11.9. The van der Waals surface area contributed by atoms with Crippen molar-refractivity contribution < 1.29 is 0 Å². The van der Waals surface area contributed by atoms with Gasteiger partial charge in [-0.25, -0.2) is 4.98 Å². The Balaban J connectivity index is 2.41. The van der Waals surface area contributed by atoms with Crippen molar-refractivity contribution in [3.05, 3.63) is 18.2 Å². The third kappa shape index (κ3) is 3.14. The maximum Gasteiger partial charge on any atom is 0.107 e. The van der Waals surface area contributed by atoms with Crippen LogP contribution in [0.15, 0.2) is 12.4 Å². The van der Waals surface area contributed by atoms with Crippen molar-refractivity contribution in [1.29, 1.82) is 0 Å². The Kier molecular flexibility index (Phi) is 4.14. The Labute approximate surface area is 86.5 Å². The molecule has 0 aromatic carbocycles. The van der Waals surface area contributed by atoms with Gasteiger partial charge in [0.05, 0.1) is 0 Å². The first-order chi connectivity index (χ1) is 6.61. The molecule has 14 heavy (non-hydrogen) atoms. The third-order valence-corrected chi connectivity index (χ3v) is 2.49. The number of H-pyrrole nitrogens is 1. The summed E-state index contributed by atoms with van der Waals surface area (Å²) in [6.07, 6.45) is 4.69. The molecule has 0 saturated carbocycles. The summed E-state index contributed by atoms with van der Waals surface area (Å²) in [5.74, 6) is 1.08. The zero-order valence-electron chi connectivity index (χ0n) is 9.62. The van der Waals surface area contributed by atoms with E-state index >= 15 is 0 Å². The van der Waals surface area contributed by atoms with Crippen molar-refractivity contribution in [2.75, 3.05) is 6.54 Å². The maximum atomic E-state index is 4.22. The fourth-order valence-electron chi connectivity index (χ4n) is 1.78. The van der Waals surface area contributed by atoms with Crippen molar-refractivity contribution in [2.24, 2.45) is 0 Å². The van der Waals surface area contributed by atoms with Crippen LogP contribution < -0.4 is 0 Å². The smallest absolute Gasteiger partial charge is 0.107 e. The molecule has 3 nitrogen and oxygen atoms in total. The summed E-state index contributed by atoms with van der Waals surface area (Å²) in [4.78, 5) is 9.83. The average molecular weight is 195 g/mol. The lowest BCUT2D eigenvalue weighted by Gasteiger charge is -2.30. The van der Waals surface area contributed by atoms with E-state index in [-0.39, 0.29) is 0 Å². The van der Waals surface area contributed by atoms with Gasteiger partial charge in [0.15, 0.2) is 0 Å². The lowest BCUT2D eigenvalue weighted by atomic mass is 10.2. The SMILES string of the molecule is CC(C)N(CCc1ncc[nH]1)C(C)C. The highest BCUT2D eigenvalue weighted by atomic mass is 15.2. The van der Waals surface area contributed by atoms with Crippen LogP contribution in [0.1, 0.15) is 33.5 Å². The fraction of sp³-hybridized carbons (Fsp3) is 0.727. The topological polar surface area (TPSA) is 31.9 Å². The zero-order chi connectivity index (χ0) is 10.6. The number of aromatic amines is 1. The Morgan fingerprint density at radius 3 is 2.36 bits per heavy atom. The number of aromatic nitrogens is 2. The minimum Gasteiger partial charge on any atom is -0.349 e. The van der Waals surface area contributed by atoms with Crippen LogP contribution in [-0.4, -0.2) is 33.5 Å².